The van der Waals surface area contributed by atoms with Crippen LogP contribution in [0.3, 0.4) is 0 Å². The zero-order chi connectivity index (χ0) is 27.1. The smallest absolute Gasteiger partial charge is 0.205 e. The van der Waals surface area contributed by atoms with Crippen LogP contribution in [-0.4, -0.2) is 75.5 Å². The van der Waals surface area contributed by atoms with Gasteiger partial charge in [-0.3, -0.25) is 4.90 Å². The van der Waals surface area contributed by atoms with Crippen LogP contribution < -0.4 is 19.8 Å². The van der Waals surface area contributed by atoms with E-state index in [2.05, 4.69) is 39.8 Å². The second-order valence-electron chi connectivity index (χ2n) is 10.6. The van der Waals surface area contributed by atoms with Crippen molar-refractivity contribution in [2.45, 2.75) is 45.8 Å². The van der Waals surface area contributed by atoms with Crippen LogP contribution in [0.2, 0.25) is 0 Å². The van der Waals surface area contributed by atoms with Crippen LogP contribution in [0.5, 0.6) is 11.6 Å². The van der Waals surface area contributed by atoms with Gasteiger partial charge in [0.2, 0.25) is 5.88 Å². The fraction of sp³-hybridized carbons (Fsp3) is 0.429. The summed E-state index contributed by atoms with van der Waals surface area (Å²) < 4.78 is 15.0. The summed E-state index contributed by atoms with van der Waals surface area (Å²) in [4.78, 5) is 9.26. The minimum atomic E-state index is 0.390. The lowest BCUT2D eigenvalue weighted by Gasteiger charge is -2.56. The van der Waals surface area contributed by atoms with Crippen LogP contribution in [0.1, 0.15) is 38.3 Å². The van der Waals surface area contributed by atoms with Gasteiger partial charge in [-0.05, 0) is 30.3 Å². The van der Waals surface area contributed by atoms with Crippen molar-refractivity contribution >= 4 is 24.6 Å². The number of piperidine rings is 1. The molecule has 3 fully saturated rings. The van der Waals surface area contributed by atoms with Crippen molar-refractivity contribution in [1.29, 1.82) is 5.26 Å². The van der Waals surface area contributed by atoms with E-state index in [1.807, 2.05) is 48.4 Å². The lowest BCUT2D eigenvalue weighted by atomic mass is 9.86. The van der Waals surface area contributed by atoms with E-state index in [-0.39, 0.29) is 0 Å². The lowest BCUT2D eigenvalue weighted by molar-refractivity contribution is -0.00876. The van der Waals surface area contributed by atoms with E-state index >= 15 is 0 Å². The summed E-state index contributed by atoms with van der Waals surface area (Å²) in [5.74, 6) is 2.50. The maximum absolute atomic E-state index is 9.67. The zero-order valence-electron chi connectivity index (χ0n) is 22.5. The Bertz CT molecular complexity index is 1530. The molecule has 4 aromatic rings. The second-order valence-corrected chi connectivity index (χ2v) is 10.6. The van der Waals surface area contributed by atoms with E-state index in [1.165, 1.54) is 6.42 Å². The third-order valence-electron chi connectivity index (χ3n) is 7.34. The van der Waals surface area contributed by atoms with Crippen molar-refractivity contribution in [2.75, 3.05) is 31.2 Å². The molecule has 0 aliphatic carbocycles. The van der Waals surface area contributed by atoms with E-state index in [1.54, 1.807) is 10.7 Å². The maximum atomic E-state index is 9.67. The summed E-state index contributed by atoms with van der Waals surface area (Å²) in [5, 5.41) is 19.0. The molecule has 2 atom stereocenters. The van der Waals surface area contributed by atoms with Crippen LogP contribution in [0.15, 0.2) is 43.0 Å². The van der Waals surface area contributed by atoms with Gasteiger partial charge in [0.15, 0.2) is 5.82 Å². The molecule has 10 nitrogen and oxygen atoms in total. The van der Waals surface area contributed by atoms with E-state index in [0.29, 0.717) is 59.4 Å². The molecule has 39 heavy (non-hydrogen) atoms. The summed E-state index contributed by atoms with van der Waals surface area (Å²) >= 11 is 0. The number of piperazine rings is 1. The molecule has 2 radical (unpaired) electrons. The Morgan fingerprint density at radius 1 is 1.18 bits per heavy atom. The molecule has 7 heterocycles. The van der Waals surface area contributed by atoms with E-state index in [0.717, 1.165) is 36.7 Å². The Kier molecular flexibility index (Phi) is 6.65. The molecule has 0 saturated carbocycles. The molecule has 7 rings (SSSR count). The largest absolute Gasteiger partial charge is 0.492 e. The predicted octanol–water partition coefficient (Wildman–Crippen LogP) is 2.48. The quantitative estimate of drug-likeness (QED) is 0.310. The molecule has 2 bridgehead atoms. The van der Waals surface area contributed by atoms with Gasteiger partial charge >= 0.3 is 0 Å². The average molecular weight is 522 g/mol. The summed E-state index contributed by atoms with van der Waals surface area (Å²) in [6.45, 7) is 9.89. The van der Waals surface area contributed by atoms with Gasteiger partial charge in [-0.25, -0.2) is 14.2 Å². The van der Waals surface area contributed by atoms with Crippen molar-refractivity contribution in [3.8, 4) is 23.4 Å². The third-order valence-corrected chi connectivity index (χ3v) is 7.34. The van der Waals surface area contributed by atoms with Crippen molar-refractivity contribution in [1.82, 2.24) is 29.3 Å². The Hall–Kier alpha value is -4.04. The number of rotatable bonds is 9. The average Bonchev–Trinajstić information content (AvgIpc) is 3.59. The van der Waals surface area contributed by atoms with E-state index in [9.17, 15) is 5.26 Å². The minimum absolute atomic E-state index is 0.390. The summed E-state index contributed by atoms with van der Waals surface area (Å²) in [6.07, 6.45) is 8.37. The van der Waals surface area contributed by atoms with Gasteiger partial charge < -0.3 is 14.4 Å². The topological polar surface area (TPSA) is 96.7 Å². The number of fused-ring (bicyclic) bond motifs is 3. The van der Waals surface area contributed by atoms with Crippen molar-refractivity contribution < 1.29 is 9.47 Å². The second kappa shape index (κ2) is 10.3. The molecule has 11 heteroatoms. The molecule has 3 saturated heterocycles. The number of pyridine rings is 2. The molecule has 3 aliphatic heterocycles. The highest BCUT2D eigenvalue weighted by atomic mass is 16.5. The molecule has 4 aromatic heterocycles. The Labute approximate surface area is 229 Å². The number of hydrogen-bond donors (Lipinski definition) is 0. The van der Waals surface area contributed by atoms with Gasteiger partial charge in [-0.15, -0.1) is 0 Å². The number of aromatic nitrogens is 5. The van der Waals surface area contributed by atoms with Crippen LogP contribution in [0.4, 0.5) is 5.82 Å². The first-order valence-corrected chi connectivity index (χ1v) is 13.4. The molecular formula is C28H31BN8O2. The first-order chi connectivity index (χ1) is 18.9. The van der Waals surface area contributed by atoms with Gasteiger partial charge in [0, 0.05) is 56.2 Å². The van der Waals surface area contributed by atoms with E-state index < -0.39 is 0 Å². The number of hydrogen-bond acceptors (Lipinski definition) is 8. The third kappa shape index (κ3) is 4.81. The van der Waals surface area contributed by atoms with Crippen LogP contribution in [-0.2, 0) is 6.54 Å². The standard InChI is InChI=1S/C28H31BN8O2/c1-4-38-28-24(29)7-19(11-31-28)13-35-21-8-22(35)15-34(14-21)26-5-6-36(33-26)25-9-23(39-17-18(2)3)16-37-27(25)20(10-30)12-32-37/h5-7,9,11-12,16,18,21-22H,4,8,13-15,17H2,1-3H3. The van der Waals surface area contributed by atoms with Gasteiger partial charge in [-0.1, -0.05) is 19.9 Å². The minimum Gasteiger partial charge on any atom is -0.492 e. The predicted molar refractivity (Wildman–Crippen MR) is 148 cm³/mol. The first-order valence-electron chi connectivity index (χ1n) is 13.4. The highest BCUT2D eigenvalue weighted by Gasteiger charge is 2.44. The number of anilines is 1. The van der Waals surface area contributed by atoms with Crippen molar-refractivity contribution in [2.24, 2.45) is 5.92 Å². The molecule has 198 valence electrons. The van der Waals surface area contributed by atoms with Gasteiger partial charge in [-0.2, -0.15) is 15.5 Å². The Morgan fingerprint density at radius 2 is 2.00 bits per heavy atom. The van der Waals surface area contributed by atoms with Crippen LogP contribution in [0, 0.1) is 17.2 Å². The first kappa shape index (κ1) is 25.3. The maximum Gasteiger partial charge on any atom is 0.205 e. The van der Waals surface area contributed by atoms with E-state index in [4.69, 9.17) is 22.4 Å². The normalized spacial score (nSPS) is 18.8. The number of nitriles is 1. The van der Waals surface area contributed by atoms with Gasteiger partial charge in [0.1, 0.15) is 25.2 Å². The summed E-state index contributed by atoms with van der Waals surface area (Å²) in [6, 6.07) is 9.08. The van der Waals surface area contributed by atoms with Crippen LogP contribution in [0.25, 0.3) is 11.2 Å². The number of nitrogens with zero attached hydrogens (tertiary/aromatic N) is 8. The summed E-state index contributed by atoms with van der Waals surface area (Å²) in [5.41, 5.74) is 3.65. The molecular weight excluding hydrogens is 491 g/mol. The van der Waals surface area contributed by atoms with Gasteiger partial charge in [0.05, 0.1) is 36.9 Å². The Morgan fingerprint density at radius 3 is 2.72 bits per heavy atom. The summed E-state index contributed by atoms with van der Waals surface area (Å²) in [7, 11) is 6.14. The fourth-order valence-electron chi connectivity index (χ4n) is 5.49. The molecule has 0 N–H and O–H groups in total. The fourth-order valence-corrected chi connectivity index (χ4v) is 5.49. The molecule has 0 aromatic carbocycles. The number of ether oxygens (including phenoxy) is 2. The Balaban J connectivity index is 1.19. The van der Waals surface area contributed by atoms with Crippen molar-refractivity contribution in [3.63, 3.8) is 0 Å². The zero-order valence-corrected chi connectivity index (χ0v) is 22.5. The van der Waals surface area contributed by atoms with Crippen LogP contribution >= 0.6 is 0 Å². The molecule has 2 unspecified atom stereocenters. The van der Waals surface area contributed by atoms with Gasteiger partial charge in [0.25, 0.3) is 0 Å². The molecule has 3 aliphatic rings. The molecule has 0 amide bonds. The lowest BCUT2D eigenvalue weighted by Crippen LogP contribution is -2.68. The monoisotopic (exact) mass is 522 g/mol. The highest BCUT2D eigenvalue weighted by molar-refractivity contribution is 6.34. The highest BCUT2D eigenvalue weighted by Crippen LogP contribution is 2.36. The van der Waals surface area contributed by atoms with Crippen molar-refractivity contribution in [3.05, 3.63) is 54.1 Å². The SMILES string of the molecule is [B]c1cc(CN2C3CC2CN(c2ccn(-c4cc(OCC(C)C)cn5ncc(C#N)c45)n2)C3)cnc1OCC. The molecule has 0 spiro atoms.